The highest BCUT2D eigenvalue weighted by Crippen LogP contribution is 2.52. The number of halogens is 3. The van der Waals surface area contributed by atoms with E-state index in [9.17, 15) is 27.9 Å². The molecule has 0 heterocycles. The summed E-state index contributed by atoms with van der Waals surface area (Å²) in [5.74, 6) is -1.14. The molecule has 2 amide bonds. The zero-order valence-corrected chi connectivity index (χ0v) is 13.4. The molecule has 0 radical (unpaired) electrons. The van der Waals surface area contributed by atoms with Crippen molar-refractivity contribution >= 4 is 17.7 Å². The van der Waals surface area contributed by atoms with E-state index in [4.69, 9.17) is 0 Å². The van der Waals surface area contributed by atoms with Crippen LogP contribution in [0.5, 0.6) is 0 Å². The molecule has 8 heteroatoms. The van der Waals surface area contributed by atoms with E-state index in [0.717, 1.165) is 25.7 Å². The average molecular weight is 356 g/mol. The lowest BCUT2D eigenvalue weighted by molar-refractivity contribution is -0.146. The smallest absolute Gasteiger partial charge is 0.393 e. The Balaban J connectivity index is 1.64. The number of hydrogen-bond donors (Lipinski definition) is 3. The molecule has 0 aromatic heterocycles. The summed E-state index contributed by atoms with van der Waals surface area (Å²) < 4.78 is 37.0. The van der Waals surface area contributed by atoms with Crippen molar-refractivity contribution in [3.63, 3.8) is 0 Å². The first-order valence-corrected chi connectivity index (χ1v) is 8.19. The number of carboxylic acids is 1. The first kappa shape index (κ1) is 17.6. The van der Waals surface area contributed by atoms with Crippen LogP contribution < -0.4 is 10.6 Å². The van der Waals surface area contributed by atoms with Crippen molar-refractivity contribution in [2.45, 2.75) is 43.8 Å². The van der Waals surface area contributed by atoms with Crippen LogP contribution in [0, 0.1) is 11.8 Å². The van der Waals surface area contributed by atoms with Crippen LogP contribution in [0.1, 0.15) is 31.2 Å². The van der Waals surface area contributed by atoms with Crippen LogP contribution in [0.4, 0.5) is 23.7 Å². The first-order valence-electron chi connectivity index (χ1n) is 8.19. The number of anilines is 1. The van der Waals surface area contributed by atoms with Gasteiger partial charge in [-0.3, -0.25) is 0 Å². The molecule has 25 heavy (non-hydrogen) atoms. The SMILES string of the molecule is O=C(Nc1ccc(CC(F)(F)F)cc1)NC(C(=O)O)(C1CC1)C1CC1. The van der Waals surface area contributed by atoms with Crippen molar-refractivity contribution in [3.8, 4) is 0 Å². The van der Waals surface area contributed by atoms with Crippen LogP contribution in [0.25, 0.3) is 0 Å². The third-order valence-electron chi connectivity index (χ3n) is 4.73. The van der Waals surface area contributed by atoms with Gasteiger partial charge in [0, 0.05) is 5.69 Å². The molecule has 0 spiro atoms. The predicted molar refractivity (Wildman–Crippen MR) is 84.2 cm³/mol. The fraction of sp³-hybridized carbons (Fsp3) is 0.529. The molecular formula is C17H19F3N2O3. The van der Waals surface area contributed by atoms with Gasteiger partial charge in [0.1, 0.15) is 5.54 Å². The van der Waals surface area contributed by atoms with Gasteiger partial charge >= 0.3 is 18.2 Å². The third kappa shape index (κ3) is 4.05. The van der Waals surface area contributed by atoms with Gasteiger partial charge < -0.3 is 15.7 Å². The summed E-state index contributed by atoms with van der Waals surface area (Å²) in [7, 11) is 0. The lowest BCUT2D eigenvalue weighted by atomic mass is 9.87. The second-order valence-corrected chi connectivity index (χ2v) is 6.79. The molecular weight excluding hydrogens is 337 g/mol. The number of alkyl halides is 3. The van der Waals surface area contributed by atoms with Crippen LogP contribution >= 0.6 is 0 Å². The first-order chi connectivity index (χ1) is 11.7. The Kier molecular flexibility index (Phi) is 4.38. The molecule has 0 bridgehead atoms. The molecule has 1 aromatic carbocycles. The van der Waals surface area contributed by atoms with Crippen molar-refractivity contribution in [3.05, 3.63) is 29.8 Å². The molecule has 2 aliphatic carbocycles. The lowest BCUT2D eigenvalue weighted by Gasteiger charge is -2.31. The minimum Gasteiger partial charge on any atom is -0.479 e. The Hall–Kier alpha value is -2.25. The number of benzene rings is 1. The molecule has 0 unspecified atom stereocenters. The number of amides is 2. The highest BCUT2D eigenvalue weighted by atomic mass is 19.4. The summed E-state index contributed by atoms with van der Waals surface area (Å²) in [5, 5.41) is 14.8. The number of hydrogen-bond acceptors (Lipinski definition) is 2. The molecule has 136 valence electrons. The molecule has 2 fully saturated rings. The monoisotopic (exact) mass is 356 g/mol. The molecule has 0 atom stereocenters. The molecule has 0 aliphatic heterocycles. The van der Waals surface area contributed by atoms with Gasteiger partial charge in [-0.2, -0.15) is 13.2 Å². The van der Waals surface area contributed by atoms with E-state index in [-0.39, 0.29) is 17.4 Å². The van der Waals surface area contributed by atoms with Crippen molar-refractivity contribution in [1.29, 1.82) is 0 Å². The second kappa shape index (κ2) is 6.24. The number of rotatable bonds is 6. The van der Waals surface area contributed by atoms with Crippen molar-refractivity contribution < 1.29 is 27.9 Å². The Morgan fingerprint density at radius 2 is 1.56 bits per heavy atom. The largest absolute Gasteiger partial charge is 0.479 e. The molecule has 1 aromatic rings. The maximum atomic E-state index is 12.3. The van der Waals surface area contributed by atoms with Crippen LogP contribution in [0.2, 0.25) is 0 Å². The highest BCUT2D eigenvalue weighted by Gasteiger charge is 2.60. The Morgan fingerprint density at radius 1 is 1.04 bits per heavy atom. The molecule has 2 aliphatic rings. The van der Waals surface area contributed by atoms with Gasteiger partial charge in [0.15, 0.2) is 0 Å². The number of urea groups is 1. The van der Waals surface area contributed by atoms with Crippen LogP contribution in [0.3, 0.4) is 0 Å². The van der Waals surface area contributed by atoms with Crippen molar-refractivity contribution in [2.75, 3.05) is 5.32 Å². The fourth-order valence-electron chi connectivity index (χ4n) is 3.31. The summed E-state index contributed by atoms with van der Waals surface area (Å²) in [6.07, 6.45) is -2.23. The Morgan fingerprint density at radius 3 is 1.96 bits per heavy atom. The van der Waals surface area contributed by atoms with E-state index in [1.165, 1.54) is 24.3 Å². The number of nitrogens with one attached hydrogen (secondary N) is 2. The Labute approximate surface area is 142 Å². The maximum absolute atomic E-state index is 12.3. The molecule has 3 N–H and O–H groups in total. The van der Waals surface area contributed by atoms with Gasteiger partial charge in [-0.25, -0.2) is 9.59 Å². The summed E-state index contributed by atoms with van der Waals surface area (Å²) in [6.45, 7) is 0. The van der Waals surface area contributed by atoms with E-state index in [1.54, 1.807) is 0 Å². The van der Waals surface area contributed by atoms with Crippen LogP contribution in [-0.2, 0) is 11.2 Å². The number of carboxylic acid groups (broad SMARTS) is 1. The van der Waals surface area contributed by atoms with Crippen molar-refractivity contribution in [1.82, 2.24) is 5.32 Å². The van der Waals surface area contributed by atoms with E-state index in [1.807, 2.05) is 0 Å². The summed E-state index contributed by atoms with van der Waals surface area (Å²) in [5.41, 5.74) is -0.830. The van der Waals surface area contributed by atoms with Crippen LogP contribution in [-0.4, -0.2) is 28.8 Å². The third-order valence-corrected chi connectivity index (χ3v) is 4.73. The lowest BCUT2D eigenvalue weighted by Crippen LogP contribution is -2.59. The fourth-order valence-corrected chi connectivity index (χ4v) is 3.31. The van der Waals surface area contributed by atoms with Crippen LogP contribution in [0.15, 0.2) is 24.3 Å². The van der Waals surface area contributed by atoms with Gasteiger partial charge in [-0.1, -0.05) is 12.1 Å². The summed E-state index contributed by atoms with van der Waals surface area (Å²) in [4.78, 5) is 24.0. The van der Waals surface area contributed by atoms with E-state index < -0.39 is 30.1 Å². The molecule has 2 saturated carbocycles. The van der Waals surface area contributed by atoms with E-state index in [2.05, 4.69) is 10.6 Å². The average Bonchev–Trinajstić information content (AvgIpc) is 3.36. The van der Waals surface area contributed by atoms with Gasteiger partial charge in [-0.15, -0.1) is 0 Å². The number of carbonyl (C=O) groups excluding carboxylic acids is 1. The maximum Gasteiger partial charge on any atom is 0.393 e. The van der Waals surface area contributed by atoms with E-state index in [0.29, 0.717) is 5.69 Å². The van der Waals surface area contributed by atoms with Gasteiger partial charge in [-0.05, 0) is 55.2 Å². The molecule has 5 nitrogen and oxygen atoms in total. The van der Waals surface area contributed by atoms with Gasteiger partial charge in [0.25, 0.3) is 0 Å². The molecule has 3 rings (SSSR count). The minimum absolute atomic E-state index is 0.0580. The van der Waals surface area contributed by atoms with Gasteiger partial charge in [0.2, 0.25) is 0 Å². The Bertz CT molecular complexity index is 653. The zero-order chi connectivity index (χ0) is 18.2. The highest BCUT2D eigenvalue weighted by molar-refractivity contribution is 5.94. The predicted octanol–water partition coefficient (Wildman–Crippen LogP) is 3.56. The zero-order valence-electron chi connectivity index (χ0n) is 13.4. The topological polar surface area (TPSA) is 78.4 Å². The quantitative estimate of drug-likeness (QED) is 0.729. The molecule has 0 saturated heterocycles. The number of carbonyl (C=O) groups is 2. The van der Waals surface area contributed by atoms with Gasteiger partial charge in [0.05, 0.1) is 6.42 Å². The van der Waals surface area contributed by atoms with E-state index >= 15 is 0 Å². The standard InChI is InChI=1S/C17H19F3N2O3/c18-16(19,20)9-10-1-7-13(8-2-10)21-15(25)22-17(14(23)24,11-3-4-11)12-5-6-12/h1-2,7-8,11-12H,3-6,9H2,(H,23,24)(H2,21,22,25). The summed E-state index contributed by atoms with van der Waals surface area (Å²) in [6, 6.07) is 4.67. The number of aliphatic carboxylic acids is 1. The summed E-state index contributed by atoms with van der Waals surface area (Å²) >= 11 is 0. The second-order valence-electron chi connectivity index (χ2n) is 6.79. The van der Waals surface area contributed by atoms with Crippen molar-refractivity contribution in [2.24, 2.45) is 11.8 Å². The minimum atomic E-state index is -4.29. The normalized spacial score (nSPS) is 17.9.